The SMILES string of the molecule is CCC(CC1CC1)N1CC(=O)N2CCCCC2C1=O. The van der Waals surface area contributed by atoms with E-state index in [9.17, 15) is 9.59 Å². The highest BCUT2D eigenvalue weighted by atomic mass is 16.2. The molecule has 3 rings (SSSR count). The minimum absolute atomic E-state index is 0.150. The van der Waals surface area contributed by atoms with Crippen LogP contribution in [-0.2, 0) is 9.59 Å². The molecule has 2 amide bonds. The fraction of sp³-hybridized carbons (Fsp3) is 0.867. The molecule has 0 radical (unpaired) electrons. The summed E-state index contributed by atoms with van der Waals surface area (Å²) in [6.45, 7) is 3.24. The lowest BCUT2D eigenvalue weighted by Crippen LogP contribution is -2.63. The lowest BCUT2D eigenvalue weighted by molar-refractivity contribution is -0.160. The van der Waals surface area contributed by atoms with Crippen molar-refractivity contribution in [2.45, 2.75) is 64.0 Å². The first kappa shape index (κ1) is 12.9. The third kappa shape index (κ3) is 2.49. The number of carbonyl (C=O) groups excluding carboxylic acids is 2. The molecule has 1 aliphatic carbocycles. The van der Waals surface area contributed by atoms with Gasteiger partial charge in [-0.1, -0.05) is 19.8 Å². The summed E-state index contributed by atoms with van der Waals surface area (Å²) in [7, 11) is 0. The van der Waals surface area contributed by atoms with E-state index in [1.54, 1.807) is 0 Å². The molecule has 3 aliphatic rings. The van der Waals surface area contributed by atoms with Gasteiger partial charge in [0.2, 0.25) is 11.8 Å². The van der Waals surface area contributed by atoms with Crippen molar-refractivity contribution >= 4 is 11.8 Å². The molecule has 2 aliphatic heterocycles. The van der Waals surface area contributed by atoms with Gasteiger partial charge in [-0.25, -0.2) is 0 Å². The molecule has 4 nitrogen and oxygen atoms in total. The molecule has 0 aromatic carbocycles. The highest BCUT2D eigenvalue weighted by molar-refractivity contribution is 5.95. The van der Waals surface area contributed by atoms with Crippen LogP contribution in [0.1, 0.15) is 51.9 Å². The van der Waals surface area contributed by atoms with Crippen molar-refractivity contribution in [2.75, 3.05) is 13.1 Å². The van der Waals surface area contributed by atoms with Gasteiger partial charge in [0.1, 0.15) is 12.6 Å². The second-order valence-corrected chi connectivity index (χ2v) is 6.31. The van der Waals surface area contributed by atoms with E-state index in [1.165, 1.54) is 12.8 Å². The van der Waals surface area contributed by atoms with E-state index in [0.717, 1.165) is 44.6 Å². The molecule has 2 saturated heterocycles. The zero-order chi connectivity index (χ0) is 13.4. The summed E-state index contributed by atoms with van der Waals surface area (Å²) in [5.74, 6) is 1.18. The molecule has 106 valence electrons. The maximum Gasteiger partial charge on any atom is 0.246 e. The number of carbonyl (C=O) groups is 2. The standard InChI is InChI=1S/C15H24N2O2/c1-2-12(9-11-6-7-11)17-10-14(18)16-8-4-3-5-13(16)15(17)19/h11-13H,2-10H2,1H3. The molecule has 0 bridgehead atoms. The molecule has 2 heterocycles. The smallest absolute Gasteiger partial charge is 0.246 e. The van der Waals surface area contributed by atoms with E-state index in [1.807, 2.05) is 9.80 Å². The van der Waals surface area contributed by atoms with Crippen LogP contribution in [0.5, 0.6) is 0 Å². The van der Waals surface area contributed by atoms with Gasteiger partial charge < -0.3 is 9.80 Å². The number of piperazine rings is 1. The lowest BCUT2D eigenvalue weighted by atomic mass is 9.95. The lowest BCUT2D eigenvalue weighted by Gasteiger charge is -2.45. The molecular weight excluding hydrogens is 240 g/mol. The van der Waals surface area contributed by atoms with Crippen LogP contribution in [0.4, 0.5) is 0 Å². The minimum atomic E-state index is -0.150. The summed E-state index contributed by atoms with van der Waals surface area (Å²) in [5.41, 5.74) is 0. The average Bonchev–Trinajstić information content (AvgIpc) is 3.24. The maximum atomic E-state index is 12.6. The summed E-state index contributed by atoms with van der Waals surface area (Å²) in [4.78, 5) is 28.6. The fourth-order valence-corrected chi connectivity index (χ4v) is 3.55. The van der Waals surface area contributed by atoms with Crippen molar-refractivity contribution in [3.05, 3.63) is 0 Å². The number of piperidine rings is 1. The topological polar surface area (TPSA) is 40.6 Å². The van der Waals surface area contributed by atoms with Crippen molar-refractivity contribution in [3.63, 3.8) is 0 Å². The Morgan fingerprint density at radius 2 is 2.00 bits per heavy atom. The Labute approximate surface area is 115 Å². The van der Waals surface area contributed by atoms with Crippen molar-refractivity contribution in [2.24, 2.45) is 5.92 Å². The first-order chi connectivity index (χ1) is 9.20. The van der Waals surface area contributed by atoms with Gasteiger partial charge in [0.25, 0.3) is 0 Å². The number of rotatable bonds is 4. The van der Waals surface area contributed by atoms with Crippen molar-refractivity contribution in [1.29, 1.82) is 0 Å². The van der Waals surface area contributed by atoms with Crippen molar-refractivity contribution in [3.8, 4) is 0 Å². The van der Waals surface area contributed by atoms with E-state index in [4.69, 9.17) is 0 Å². The maximum absolute atomic E-state index is 12.6. The van der Waals surface area contributed by atoms with E-state index < -0.39 is 0 Å². The van der Waals surface area contributed by atoms with Crippen molar-refractivity contribution in [1.82, 2.24) is 9.80 Å². The highest BCUT2D eigenvalue weighted by Crippen LogP contribution is 2.36. The normalized spacial score (nSPS) is 29.4. The summed E-state index contributed by atoms with van der Waals surface area (Å²) in [5, 5.41) is 0. The summed E-state index contributed by atoms with van der Waals surface area (Å²) < 4.78 is 0. The number of amides is 2. The predicted octanol–water partition coefficient (Wildman–Crippen LogP) is 1.79. The van der Waals surface area contributed by atoms with E-state index in [2.05, 4.69) is 6.92 Å². The zero-order valence-corrected chi connectivity index (χ0v) is 11.8. The largest absolute Gasteiger partial charge is 0.329 e. The first-order valence-corrected chi connectivity index (χ1v) is 7.80. The van der Waals surface area contributed by atoms with E-state index in [-0.39, 0.29) is 23.9 Å². The van der Waals surface area contributed by atoms with Gasteiger partial charge in [-0.05, 0) is 38.0 Å². The van der Waals surface area contributed by atoms with E-state index >= 15 is 0 Å². The van der Waals surface area contributed by atoms with Crippen LogP contribution >= 0.6 is 0 Å². The highest BCUT2D eigenvalue weighted by Gasteiger charge is 2.43. The van der Waals surface area contributed by atoms with Crippen LogP contribution in [-0.4, -0.2) is 46.8 Å². The number of hydrogen-bond donors (Lipinski definition) is 0. The zero-order valence-electron chi connectivity index (χ0n) is 11.8. The Morgan fingerprint density at radius 1 is 1.21 bits per heavy atom. The quantitative estimate of drug-likeness (QED) is 0.776. The Morgan fingerprint density at radius 3 is 2.68 bits per heavy atom. The summed E-state index contributed by atoms with van der Waals surface area (Å²) in [6, 6.07) is 0.135. The molecular formula is C15H24N2O2. The van der Waals surface area contributed by atoms with Gasteiger partial charge in [-0.3, -0.25) is 9.59 Å². The monoisotopic (exact) mass is 264 g/mol. The fourth-order valence-electron chi connectivity index (χ4n) is 3.55. The van der Waals surface area contributed by atoms with Gasteiger partial charge in [0, 0.05) is 12.6 Å². The second kappa shape index (κ2) is 5.14. The summed E-state index contributed by atoms with van der Waals surface area (Å²) in [6.07, 6.45) is 7.68. The number of nitrogens with zero attached hydrogens (tertiary/aromatic N) is 2. The molecule has 0 spiro atoms. The molecule has 0 aromatic rings. The molecule has 3 fully saturated rings. The number of hydrogen-bond acceptors (Lipinski definition) is 2. The minimum Gasteiger partial charge on any atom is -0.329 e. The summed E-state index contributed by atoms with van der Waals surface area (Å²) >= 11 is 0. The van der Waals surface area contributed by atoms with Crippen LogP contribution < -0.4 is 0 Å². The molecule has 0 aromatic heterocycles. The molecule has 2 atom stereocenters. The van der Waals surface area contributed by atoms with Crippen molar-refractivity contribution < 1.29 is 9.59 Å². The van der Waals surface area contributed by atoms with Crippen LogP contribution in [0.2, 0.25) is 0 Å². The Hall–Kier alpha value is -1.06. The Kier molecular flexibility index (Phi) is 3.50. The van der Waals surface area contributed by atoms with Gasteiger partial charge in [-0.2, -0.15) is 0 Å². The third-order valence-electron chi connectivity index (χ3n) is 4.91. The average molecular weight is 264 g/mol. The Balaban J connectivity index is 1.73. The van der Waals surface area contributed by atoms with Gasteiger partial charge in [0.05, 0.1) is 0 Å². The molecule has 4 heteroatoms. The molecule has 1 saturated carbocycles. The second-order valence-electron chi connectivity index (χ2n) is 6.31. The van der Waals surface area contributed by atoms with Gasteiger partial charge >= 0.3 is 0 Å². The first-order valence-electron chi connectivity index (χ1n) is 7.80. The molecule has 0 N–H and O–H groups in total. The van der Waals surface area contributed by atoms with Crippen LogP contribution in [0.3, 0.4) is 0 Å². The van der Waals surface area contributed by atoms with Gasteiger partial charge in [-0.15, -0.1) is 0 Å². The van der Waals surface area contributed by atoms with Gasteiger partial charge in [0.15, 0.2) is 0 Å². The van der Waals surface area contributed by atoms with Crippen LogP contribution in [0, 0.1) is 5.92 Å². The van der Waals surface area contributed by atoms with Crippen LogP contribution in [0.25, 0.3) is 0 Å². The third-order valence-corrected chi connectivity index (χ3v) is 4.91. The molecule has 19 heavy (non-hydrogen) atoms. The number of fused-ring (bicyclic) bond motifs is 1. The molecule has 2 unspecified atom stereocenters. The Bertz CT molecular complexity index is 378. The predicted molar refractivity (Wildman–Crippen MR) is 72.5 cm³/mol. The van der Waals surface area contributed by atoms with Crippen LogP contribution in [0.15, 0.2) is 0 Å². The van der Waals surface area contributed by atoms with E-state index in [0.29, 0.717) is 6.54 Å².